The van der Waals surface area contributed by atoms with Crippen molar-refractivity contribution in [3.05, 3.63) is 29.8 Å². The zero-order chi connectivity index (χ0) is 13.3. The van der Waals surface area contributed by atoms with Crippen molar-refractivity contribution in [2.75, 3.05) is 6.61 Å². The molecule has 0 saturated heterocycles. The van der Waals surface area contributed by atoms with Crippen LogP contribution in [0.3, 0.4) is 0 Å². The zero-order valence-electron chi connectivity index (χ0n) is 10.8. The number of benzene rings is 1. The molecule has 4 heteroatoms. The first-order valence-corrected chi connectivity index (χ1v) is 7.22. The summed E-state index contributed by atoms with van der Waals surface area (Å²) in [5.41, 5.74) is 0.407. The van der Waals surface area contributed by atoms with Gasteiger partial charge in [0.1, 0.15) is 0 Å². The second kappa shape index (κ2) is 4.78. The van der Waals surface area contributed by atoms with E-state index in [0.717, 1.165) is 5.56 Å². The Labute approximate surface area is 103 Å². The summed E-state index contributed by atoms with van der Waals surface area (Å²) in [5, 5.41) is 8.87. The van der Waals surface area contributed by atoms with E-state index in [1.54, 1.807) is 32.0 Å². The summed E-state index contributed by atoms with van der Waals surface area (Å²) < 4.78 is 24.1. The first-order valence-electron chi connectivity index (χ1n) is 5.67. The lowest BCUT2D eigenvalue weighted by Crippen LogP contribution is -2.23. The molecule has 1 aromatic rings. The predicted molar refractivity (Wildman–Crippen MR) is 68.9 cm³/mol. The van der Waals surface area contributed by atoms with Gasteiger partial charge in [0.05, 0.1) is 16.8 Å². The van der Waals surface area contributed by atoms with Gasteiger partial charge in [-0.15, -0.1) is 0 Å². The molecule has 0 bridgehead atoms. The summed E-state index contributed by atoms with van der Waals surface area (Å²) in [6, 6.07) is 6.83. The number of aliphatic hydroxyl groups excluding tert-OH is 1. The Morgan fingerprint density at radius 2 is 1.88 bits per heavy atom. The predicted octanol–water partition coefficient (Wildman–Crippen LogP) is 2.14. The Morgan fingerprint density at radius 3 is 2.35 bits per heavy atom. The van der Waals surface area contributed by atoms with Gasteiger partial charge in [-0.05, 0) is 31.5 Å². The number of sulfone groups is 1. The smallest absolute Gasteiger partial charge is 0.180 e. The summed E-state index contributed by atoms with van der Waals surface area (Å²) in [6.45, 7) is 7.08. The van der Waals surface area contributed by atoms with Crippen LogP contribution in [0.1, 0.15) is 33.3 Å². The molecule has 1 rings (SSSR count). The van der Waals surface area contributed by atoms with E-state index in [2.05, 4.69) is 0 Å². The molecule has 1 aromatic carbocycles. The Bertz CT molecular complexity index is 487. The second-order valence-electron chi connectivity index (χ2n) is 5.16. The van der Waals surface area contributed by atoms with Crippen molar-refractivity contribution in [1.82, 2.24) is 0 Å². The van der Waals surface area contributed by atoms with Gasteiger partial charge in [-0.25, -0.2) is 8.42 Å². The summed E-state index contributed by atoms with van der Waals surface area (Å²) in [6.07, 6.45) is 0. The van der Waals surface area contributed by atoms with Gasteiger partial charge in [-0.2, -0.15) is 0 Å². The van der Waals surface area contributed by atoms with Crippen LogP contribution >= 0.6 is 0 Å². The first kappa shape index (κ1) is 14.2. The van der Waals surface area contributed by atoms with E-state index in [0.29, 0.717) is 4.90 Å². The third kappa shape index (κ3) is 2.87. The van der Waals surface area contributed by atoms with E-state index >= 15 is 0 Å². The molecule has 96 valence electrons. The van der Waals surface area contributed by atoms with Crippen molar-refractivity contribution in [1.29, 1.82) is 0 Å². The number of hydrogen-bond acceptors (Lipinski definition) is 3. The highest BCUT2D eigenvalue weighted by Crippen LogP contribution is 2.26. The Morgan fingerprint density at radius 1 is 1.29 bits per heavy atom. The summed E-state index contributed by atoms with van der Waals surface area (Å²) in [4.78, 5) is 0.325. The molecule has 1 N–H and O–H groups in total. The van der Waals surface area contributed by atoms with Gasteiger partial charge in [-0.3, -0.25) is 0 Å². The molecule has 0 radical (unpaired) electrons. The SMILES string of the molecule is CC(C)S(=O)(=O)c1cccc(C(C)(C)CO)c1. The molecule has 0 heterocycles. The van der Waals surface area contributed by atoms with E-state index in [1.165, 1.54) is 0 Å². The van der Waals surface area contributed by atoms with E-state index < -0.39 is 20.5 Å². The van der Waals surface area contributed by atoms with Gasteiger partial charge in [0.2, 0.25) is 0 Å². The van der Waals surface area contributed by atoms with Crippen LogP contribution in [-0.2, 0) is 15.3 Å². The molecule has 17 heavy (non-hydrogen) atoms. The van der Waals surface area contributed by atoms with Crippen molar-refractivity contribution >= 4 is 9.84 Å². The minimum absolute atomic E-state index is 0.0157. The summed E-state index contributed by atoms with van der Waals surface area (Å²) >= 11 is 0. The topological polar surface area (TPSA) is 54.4 Å². The van der Waals surface area contributed by atoms with Gasteiger partial charge < -0.3 is 5.11 Å². The molecule has 0 fully saturated rings. The monoisotopic (exact) mass is 256 g/mol. The van der Waals surface area contributed by atoms with Crippen molar-refractivity contribution < 1.29 is 13.5 Å². The fourth-order valence-electron chi connectivity index (χ4n) is 1.46. The summed E-state index contributed by atoms with van der Waals surface area (Å²) in [5.74, 6) is 0. The van der Waals surface area contributed by atoms with Crippen LogP contribution in [-0.4, -0.2) is 25.4 Å². The lowest BCUT2D eigenvalue weighted by Gasteiger charge is -2.23. The van der Waals surface area contributed by atoms with Crippen LogP contribution in [0.4, 0.5) is 0 Å². The quantitative estimate of drug-likeness (QED) is 0.898. The maximum Gasteiger partial charge on any atom is 0.180 e. The lowest BCUT2D eigenvalue weighted by atomic mass is 9.86. The molecular formula is C13H20O3S. The maximum absolute atomic E-state index is 12.0. The lowest BCUT2D eigenvalue weighted by molar-refractivity contribution is 0.218. The molecule has 0 aliphatic heterocycles. The molecular weight excluding hydrogens is 236 g/mol. The number of hydrogen-bond donors (Lipinski definition) is 1. The Hall–Kier alpha value is -0.870. The third-order valence-electron chi connectivity index (χ3n) is 2.96. The molecule has 0 aromatic heterocycles. The minimum Gasteiger partial charge on any atom is -0.395 e. The van der Waals surface area contributed by atoms with Crippen LogP contribution in [0.15, 0.2) is 29.2 Å². The van der Waals surface area contributed by atoms with Gasteiger partial charge >= 0.3 is 0 Å². The van der Waals surface area contributed by atoms with Crippen LogP contribution in [0.2, 0.25) is 0 Å². The molecule has 0 saturated carbocycles. The normalized spacial score (nSPS) is 13.1. The molecule has 0 aliphatic rings. The van der Waals surface area contributed by atoms with Crippen LogP contribution in [0, 0.1) is 0 Å². The van der Waals surface area contributed by atoms with E-state index in [9.17, 15) is 13.5 Å². The van der Waals surface area contributed by atoms with Crippen LogP contribution in [0.5, 0.6) is 0 Å². The molecule has 3 nitrogen and oxygen atoms in total. The largest absolute Gasteiger partial charge is 0.395 e. The van der Waals surface area contributed by atoms with E-state index in [-0.39, 0.29) is 6.61 Å². The average Bonchev–Trinajstić information content (AvgIpc) is 2.29. The zero-order valence-corrected chi connectivity index (χ0v) is 11.6. The minimum atomic E-state index is -3.25. The van der Waals surface area contributed by atoms with Gasteiger partial charge in [0, 0.05) is 5.41 Å². The molecule has 0 unspecified atom stereocenters. The maximum atomic E-state index is 12.0. The number of rotatable bonds is 4. The highest BCUT2D eigenvalue weighted by atomic mass is 32.2. The fourth-order valence-corrected chi connectivity index (χ4v) is 2.56. The number of aliphatic hydroxyl groups is 1. The van der Waals surface area contributed by atoms with Crippen LogP contribution in [0.25, 0.3) is 0 Å². The highest BCUT2D eigenvalue weighted by molar-refractivity contribution is 7.92. The van der Waals surface area contributed by atoms with E-state index in [1.807, 2.05) is 19.9 Å². The first-order chi connectivity index (χ1) is 7.71. The van der Waals surface area contributed by atoms with Crippen molar-refractivity contribution in [2.24, 2.45) is 0 Å². The van der Waals surface area contributed by atoms with Gasteiger partial charge in [-0.1, -0.05) is 26.0 Å². The second-order valence-corrected chi connectivity index (χ2v) is 7.67. The van der Waals surface area contributed by atoms with E-state index in [4.69, 9.17) is 0 Å². The van der Waals surface area contributed by atoms with Crippen molar-refractivity contribution in [3.63, 3.8) is 0 Å². The molecule has 0 aliphatic carbocycles. The van der Waals surface area contributed by atoms with Gasteiger partial charge in [0.15, 0.2) is 9.84 Å². The summed E-state index contributed by atoms with van der Waals surface area (Å²) in [7, 11) is -3.25. The molecule has 0 amide bonds. The molecule has 0 atom stereocenters. The van der Waals surface area contributed by atoms with Gasteiger partial charge in [0.25, 0.3) is 0 Å². The fraction of sp³-hybridized carbons (Fsp3) is 0.538. The Balaban J connectivity index is 3.29. The van der Waals surface area contributed by atoms with Crippen molar-refractivity contribution in [2.45, 2.75) is 43.3 Å². The standard InChI is InChI=1S/C13H20O3S/c1-10(2)17(15,16)12-7-5-6-11(8-12)13(3,4)9-14/h5-8,10,14H,9H2,1-4H3. The highest BCUT2D eigenvalue weighted by Gasteiger charge is 2.24. The Kier molecular flexibility index (Phi) is 3.99. The van der Waals surface area contributed by atoms with Crippen molar-refractivity contribution in [3.8, 4) is 0 Å². The van der Waals surface area contributed by atoms with Crippen LogP contribution < -0.4 is 0 Å². The molecule has 0 spiro atoms. The average molecular weight is 256 g/mol. The third-order valence-corrected chi connectivity index (χ3v) is 5.11.